The van der Waals surface area contributed by atoms with Crippen LogP contribution in [0.15, 0.2) is 64.2 Å². The second-order valence-corrected chi connectivity index (χ2v) is 8.71. The molecule has 9 heteroatoms. The SMILES string of the molecule is CCc1cccc(OCC(O)Cn2c(N(C)Cc3ccccc3)nc3c2c(=O)n(C)c(=O)n3C)c1. The number of aromatic nitrogens is 4. The van der Waals surface area contributed by atoms with Crippen LogP contribution >= 0.6 is 0 Å². The van der Waals surface area contributed by atoms with Gasteiger partial charge in [0.05, 0.1) is 6.54 Å². The van der Waals surface area contributed by atoms with Crippen LogP contribution in [-0.4, -0.2) is 43.6 Å². The molecule has 184 valence electrons. The second kappa shape index (κ2) is 10.2. The van der Waals surface area contributed by atoms with Gasteiger partial charge in [0, 0.05) is 27.7 Å². The van der Waals surface area contributed by atoms with E-state index in [2.05, 4.69) is 11.9 Å². The molecule has 0 bridgehead atoms. The Kier molecular flexibility index (Phi) is 7.07. The summed E-state index contributed by atoms with van der Waals surface area (Å²) in [5.41, 5.74) is 1.83. The van der Waals surface area contributed by atoms with Gasteiger partial charge in [0.15, 0.2) is 11.2 Å². The normalized spacial score (nSPS) is 12.1. The lowest BCUT2D eigenvalue weighted by molar-refractivity contribution is 0.0936. The Hall–Kier alpha value is -3.85. The van der Waals surface area contributed by atoms with Crippen LogP contribution in [0.25, 0.3) is 11.2 Å². The lowest BCUT2D eigenvalue weighted by atomic mass is 10.2. The summed E-state index contributed by atoms with van der Waals surface area (Å²) in [5.74, 6) is 1.16. The Labute approximate surface area is 203 Å². The van der Waals surface area contributed by atoms with Crippen molar-refractivity contribution in [2.45, 2.75) is 32.5 Å². The van der Waals surface area contributed by atoms with Crippen LogP contribution in [0.3, 0.4) is 0 Å². The molecule has 0 aliphatic rings. The molecule has 4 aromatic rings. The molecule has 0 aliphatic heterocycles. The molecule has 2 heterocycles. The number of aliphatic hydroxyl groups excluding tert-OH is 1. The Morgan fingerprint density at radius 1 is 1.03 bits per heavy atom. The third-order valence-electron chi connectivity index (χ3n) is 6.07. The number of hydrogen-bond donors (Lipinski definition) is 1. The van der Waals surface area contributed by atoms with Crippen LogP contribution in [0.1, 0.15) is 18.1 Å². The van der Waals surface area contributed by atoms with Gasteiger partial charge in [0.2, 0.25) is 5.95 Å². The third kappa shape index (κ3) is 5.00. The van der Waals surface area contributed by atoms with E-state index in [1.807, 2.05) is 66.5 Å². The standard InChI is InChI=1S/C26H31N5O4/c1-5-18-12-9-13-21(14-18)35-17-20(32)16-31-22-23(29(3)26(34)30(4)24(22)33)27-25(31)28(2)15-19-10-7-6-8-11-19/h6-14,20,32H,5,15-17H2,1-4H3. The first-order valence-corrected chi connectivity index (χ1v) is 11.6. The third-order valence-corrected chi connectivity index (χ3v) is 6.07. The highest BCUT2D eigenvalue weighted by Crippen LogP contribution is 2.21. The largest absolute Gasteiger partial charge is 0.491 e. The highest BCUT2D eigenvalue weighted by atomic mass is 16.5. The minimum absolute atomic E-state index is 0.0424. The van der Waals surface area contributed by atoms with E-state index in [1.165, 1.54) is 11.6 Å². The summed E-state index contributed by atoms with van der Waals surface area (Å²) >= 11 is 0. The molecule has 0 aliphatic carbocycles. The molecule has 35 heavy (non-hydrogen) atoms. The predicted molar refractivity (Wildman–Crippen MR) is 136 cm³/mol. The fourth-order valence-electron chi connectivity index (χ4n) is 4.14. The van der Waals surface area contributed by atoms with E-state index >= 15 is 0 Å². The number of aryl methyl sites for hydroxylation is 2. The molecular weight excluding hydrogens is 446 g/mol. The van der Waals surface area contributed by atoms with E-state index in [1.54, 1.807) is 11.6 Å². The van der Waals surface area contributed by atoms with E-state index in [9.17, 15) is 14.7 Å². The molecule has 0 fully saturated rings. The summed E-state index contributed by atoms with van der Waals surface area (Å²) in [6.45, 7) is 2.72. The number of rotatable bonds is 9. The molecule has 0 saturated heterocycles. The predicted octanol–water partition coefficient (Wildman–Crippen LogP) is 2.07. The van der Waals surface area contributed by atoms with Crippen molar-refractivity contribution < 1.29 is 9.84 Å². The molecule has 0 saturated carbocycles. The molecule has 0 radical (unpaired) electrons. The van der Waals surface area contributed by atoms with Crippen LogP contribution in [0.2, 0.25) is 0 Å². The van der Waals surface area contributed by atoms with Crippen LogP contribution in [0.5, 0.6) is 5.75 Å². The van der Waals surface area contributed by atoms with Gasteiger partial charge in [-0.05, 0) is 29.7 Å². The quantitative estimate of drug-likeness (QED) is 0.397. The first-order chi connectivity index (χ1) is 16.8. The number of imidazole rings is 1. The molecule has 1 unspecified atom stereocenters. The van der Waals surface area contributed by atoms with Crippen molar-refractivity contribution in [2.75, 3.05) is 18.6 Å². The van der Waals surface area contributed by atoms with Crippen LogP contribution in [0, 0.1) is 0 Å². The summed E-state index contributed by atoms with van der Waals surface area (Å²) in [4.78, 5) is 32.2. The number of hydrogen-bond acceptors (Lipinski definition) is 6. The van der Waals surface area contributed by atoms with Crippen molar-refractivity contribution in [3.63, 3.8) is 0 Å². The van der Waals surface area contributed by atoms with Gasteiger partial charge >= 0.3 is 5.69 Å². The number of ether oxygens (including phenoxy) is 1. The molecule has 4 rings (SSSR count). The van der Waals surface area contributed by atoms with E-state index in [0.717, 1.165) is 22.1 Å². The van der Waals surface area contributed by atoms with E-state index in [0.29, 0.717) is 18.2 Å². The minimum Gasteiger partial charge on any atom is -0.491 e. The Morgan fingerprint density at radius 3 is 2.46 bits per heavy atom. The molecule has 2 aromatic heterocycles. The monoisotopic (exact) mass is 477 g/mol. The maximum Gasteiger partial charge on any atom is 0.332 e. The molecule has 0 amide bonds. The topological polar surface area (TPSA) is 94.5 Å². The number of benzene rings is 2. The zero-order valence-electron chi connectivity index (χ0n) is 20.5. The van der Waals surface area contributed by atoms with Crippen molar-refractivity contribution >= 4 is 17.1 Å². The molecule has 2 aromatic carbocycles. The van der Waals surface area contributed by atoms with Gasteiger partial charge in [-0.1, -0.05) is 49.4 Å². The number of aliphatic hydroxyl groups is 1. The van der Waals surface area contributed by atoms with Gasteiger partial charge in [-0.2, -0.15) is 4.98 Å². The Bertz CT molecular complexity index is 1440. The zero-order valence-corrected chi connectivity index (χ0v) is 20.5. The summed E-state index contributed by atoms with van der Waals surface area (Å²) in [6.07, 6.45) is -0.0246. The summed E-state index contributed by atoms with van der Waals surface area (Å²) in [5, 5.41) is 10.9. The molecule has 1 atom stereocenters. The smallest absolute Gasteiger partial charge is 0.332 e. The van der Waals surface area contributed by atoms with Crippen LogP contribution in [0.4, 0.5) is 5.95 Å². The minimum atomic E-state index is -0.913. The number of fused-ring (bicyclic) bond motifs is 1. The summed E-state index contributed by atoms with van der Waals surface area (Å²) < 4.78 is 9.91. The maximum atomic E-state index is 13.1. The fourth-order valence-corrected chi connectivity index (χ4v) is 4.14. The highest BCUT2D eigenvalue weighted by molar-refractivity contribution is 5.74. The van der Waals surface area contributed by atoms with Gasteiger partial charge in [0.1, 0.15) is 18.5 Å². The van der Waals surface area contributed by atoms with Crippen molar-refractivity contribution in [1.82, 2.24) is 18.7 Å². The number of anilines is 1. The van der Waals surface area contributed by atoms with E-state index in [4.69, 9.17) is 4.74 Å². The Balaban J connectivity index is 1.69. The number of nitrogens with zero attached hydrogens (tertiary/aromatic N) is 5. The van der Waals surface area contributed by atoms with Crippen molar-refractivity contribution in [1.29, 1.82) is 0 Å². The summed E-state index contributed by atoms with van der Waals surface area (Å²) in [7, 11) is 4.89. The van der Waals surface area contributed by atoms with Gasteiger partial charge in [-0.3, -0.25) is 13.9 Å². The lowest BCUT2D eigenvalue weighted by Gasteiger charge is -2.21. The molecule has 0 spiro atoms. The first-order valence-electron chi connectivity index (χ1n) is 11.6. The first kappa shape index (κ1) is 24.3. The average Bonchev–Trinajstić information content (AvgIpc) is 3.25. The van der Waals surface area contributed by atoms with Crippen molar-refractivity contribution in [3.05, 3.63) is 86.6 Å². The fraction of sp³-hybridized carbons (Fsp3) is 0.346. The van der Waals surface area contributed by atoms with Gasteiger partial charge in [0.25, 0.3) is 5.56 Å². The summed E-state index contributed by atoms with van der Waals surface area (Å²) in [6, 6.07) is 17.6. The van der Waals surface area contributed by atoms with Gasteiger partial charge < -0.3 is 19.3 Å². The Morgan fingerprint density at radius 2 is 1.74 bits per heavy atom. The second-order valence-electron chi connectivity index (χ2n) is 8.71. The van der Waals surface area contributed by atoms with Crippen LogP contribution in [-0.2, 0) is 33.6 Å². The van der Waals surface area contributed by atoms with Crippen molar-refractivity contribution in [3.8, 4) is 5.75 Å². The van der Waals surface area contributed by atoms with Crippen LogP contribution < -0.4 is 20.9 Å². The van der Waals surface area contributed by atoms with Gasteiger partial charge in [-0.15, -0.1) is 0 Å². The lowest BCUT2D eigenvalue weighted by Crippen LogP contribution is -2.38. The highest BCUT2D eigenvalue weighted by Gasteiger charge is 2.23. The van der Waals surface area contributed by atoms with E-state index in [-0.39, 0.29) is 24.3 Å². The zero-order chi connectivity index (χ0) is 25.1. The van der Waals surface area contributed by atoms with Crippen molar-refractivity contribution in [2.24, 2.45) is 14.1 Å². The molecule has 9 nitrogen and oxygen atoms in total. The maximum absolute atomic E-state index is 13.1. The molecule has 1 N–H and O–H groups in total. The molecular formula is C26H31N5O4. The average molecular weight is 478 g/mol. The van der Waals surface area contributed by atoms with E-state index < -0.39 is 17.4 Å². The van der Waals surface area contributed by atoms with Gasteiger partial charge in [-0.25, -0.2) is 4.79 Å².